The summed E-state index contributed by atoms with van der Waals surface area (Å²) in [6.07, 6.45) is 0. The SMILES string of the molecule is C=C1SC(=O)N(C)C1=O. The van der Waals surface area contributed by atoms with Crippen molar-refractivity contribution in [3.05, 3.63) is 11.5 Å². The quantitative estimate of drug-likeness (QED) is 0.471. The lowest BCUT2D eigenvalue weighted by Crippen LogP contribution is -2.22. The van der Waals surface area contributed by atoms with E-state index < -0.39 is 0 Å². The Labute approximate surface area is 56.7 Å². The third-order valence-corrected chi connectivity index (χ3v) is 1.90. The van der Waals surface area contributed by atoms with Crippen LogP contribution in [0.4, 0.5) is 4.79 Å². The van der Waals surface area contributed by atoms with Gasteiger partial charge in [0.15, 0.2) is 0 Å². The van der Waals surface area contributed by atoms with E-state index in [2.05, 4.69) is 6.58 Å². The minimum Gasteiger partial charge on any atom is -0.272 e. The number of thioether (sulfide) groups is 1. The minimum absolute atomic E-state index is 0.245. The standard InChI is InChI=1S/C5H5NO2S/c1-3-4(7)6(2)5(8)9-3/h1H2,2H3. The zero-order valence-corrected chi connectivity index (χ0v) is 5.70. The third-order valence-electron chi connectivity index (χ3n) is 1.03. The molecule has 4 heteroatoms. The van der Waals surface area contributed by atoms with Crippen LogP contribution in [0.1, 0.15) is 0 Å². The van der Waals surface area contributed by atoms with Crippen LogP contribution >= 0.6 is 11.8 Å². The van der Waals surface area contributed by atoms with Crippen LogP contribution in [0.5, 0.6) is 0 Å². The Morgan fingerprint density at radius 3 is 2.22 bits per heavy atom. The summed E-state index contributed by atoms with van der Waals surface area (Å²) >= 11 is 0.880. The van der Waals surface area contributed by atoms with Crippen molar-refractivity contribution in [1.82, 2.24) is 4.90 Å². The number of hydrogen-bond acceptors (Lipinski definition) is 3. The van der Waals surface area contributed by atoms with Gasteiger partial charge in [-0.1, -0.05) is 6.58 Å². The van der Waals surface area contributed by atoms with Crippen molar-refractivity contribution in [2.45, 2.75) is 0 Å². The van der Waals surface area contributed by atoms with Gasteiger partial charge < -0.3 is 0 Å². The molecule has 0 unspecified atom stereocenters. The van der Waals surface area contributed by atoms with Crippen LogP contribution in [0.3, 0.4) is 0 Å². The summed E-state index contributed by atoms with van der Waals surface area (Å²) in [5.41, 5.74) is 0. The van der Waals surface area contributed by atoms with E-state index in [0.29, 0.717) is 4.91 Å². The first-order valence-electron chi connectivity index (χ1n) is 2.31. The maximum absolute atomic E-state index is 10.7. The summed E-state index contributed by atoms with van der Waals surface area (Å²) in [4.78, 5) is 22.7. The second kappa shape index (κ2) is 1.88. The van der Waals surface area contributed by atoms with Gasteiger partial charge in [0.2, 0.25) is 0 Å². The lowest BCUT2D eigenvalue weighted by atomic mass is 10.5. The van der Waals surface area contributed by atoms with Gasteiger partial charge in [-0.25, -0.2) is 0 Å². The largest absolute Gasteiger partial charge is 0.293 e. The van der Waals surface area contributed by atoms with Crippen LogP contribution in [0.2, 0.25) is 0 Å². The summed E-state index contributed by atoms with van der Waals surface area (Å²) in [6, 6.07) is 0. The molecule has 0 aliphatic carbocycles. The molecule has 48 valence electrons. The van der Waals surface area contributed by atoms with Gasteiger partial charge in [-0.05, 0) is 11.8 Å². The second-order valence-corrected chi connectivity index (χ2v) is 2.70. The van der Waals surface area contributed by atoms with Crippen molar-refractivity contribution in [3.63, 3.8) is 0 Å². The van der Waals surface area contributed by atoms with Crippen LogP contribution in [0.15, 0.2) is 11.5 Å². The molecular formula is C5H5NO2S. The molecule has 0 spiro atoms. The van der Waals surface area contributed by atoms with Gasteiger partial charge in [-0.2, -0.15) is 0 Å². The molecule has 1 saturated heterocycles. The topological polar surface area (TPSA) is 37.4 Å². The van der Waals surface area contributed by atoms with Crippen molar-refractivity contribution in [2.75, 3.05) is 7.05 Å². The number of hydrogen-bond donors (Lipinski definition) is 0. The van der Waals surface area contributed by atoms with Crippen LogP contribution in [0, 0.1) is 0 Å². The molecule has 1 fully saturated rings. The predicted octanol–water partition coefficient (Wildman–Crippen LogP) is 0.825. The second-order valence-electron chi connectivity index (χ2n) is 1.66. The molecule has 2 amide bonds. The summed E-state index contributed by atoms with van der Waals surface area (Å²) < 4.78 is 0. The first-order valence-corrected chi connectivity index (χ1v) is 3.13. The normalized spacial score (nSPS) is 19.7. The van der Waals surface area contributed by atoms with Gasteiger partial charge in [0.25, 0.3) is 11.1 Å². The van der Waals surface area contributed by atoms with Crippen molar-refractivity contribution < 1.29 is 9.59 Å². The minimum atomic E-state index is -0.287. The molecule has 0 aromatic carbocycles. The molecule has 1 heterocycles. The summed E-state index contributed by atoms with van der Waals surface area (Å²) in [7, 11) is 1.44. The maximum Gasteiger partial charge on any atom is 0.293 e. The molecule has 0 bridgehead atoms. The number of amides is 2. The molecule has 1 aliphatic rings. The molecular weight excluding hydrogens is 138 g/mol. The monoisotopic (exact) mass is 143 g/mol. The molecule has 0 radical (unpaired) electrons. The van der Waals surface area contributed by atoms with Gasteiger partial charge in [0.05, 0.1) is 4.91 Å². The fourth-order valence-electron chi connectivity index (χ4n) is 0.487. The first kappa shape index (κ1) is 6.35. The maximum atomic E-state index is 10.7. The average Bonchev–Trinajstić information content (AvgIpc) is 1.98. The van der Waals surface area contributed by atoms with Crippen LogP contribution in [-0.4, -0.2) is 23.1 Å². The Hall–Kier alpha value is -0.770. The van der Waals surface area contributed by atoms with E-state index in [1.807, 2.05) is 0 Å². The highest BCUT2D eigenvalue weighted by atomic mass is 32.2. The smallest absolute Gasteiger partial charge is 0.272 e. The lowest BCUT2D eigenvalue weighted by Gasteiger charge is -1.99. The Morgan fingerprint density at radius 2 is 2.11 bits per heavy atom. The summed E-state index contributed by atoms with van der Waals surface area (Å²) in [6.45, 7) is 3.39. The summed E-state index contributed by atoms with van der Waals surface area (Å²) in [5, 5.41) is -0.245. The fraction of sp³-hybridized carbons (Fsp3) is 0.200. The number of nitrogens with zero attached hydrogens (tertiary/aromatic N) is 1. The van der Waals surface area contributed by atoms with E-state index in [4.69, 9.17) is 0 Å². The Bertz CT molecular complexity index is 199. The van der Waals surface area contributed by atoms with Gasteiger partial charge >= 0.3 is 0 Å². The van der Waals surface area contributed by atoms with E-state index in [9.17, 15) is 9.59 Å². The molecule has 1 aliphatic heterocycles. The highest BCUT2D eigenvalue weighted by molar-refractivity contribution is 8.18. The number of likely N-dealkylation sites (N-methyl/N-ethyl adjacent to an activating group) is 1. The zero-order chi connectivity index (χ0) is 7.02. The van der Waals surface area contributed by atoms with Crippen molar-refractivity contribution in [1.29, 1.82) is 0 Å². The highest BCUT2D eigenvalue weighted by Gasteiger charge is 2.29. The van der Waals surface area contributed by atoms with E-state index >= 15 is 0 Å². The first-order chi connectivity index (χ1) is 4.13. The van der Waals surface area contributed by atoms with Gasteiger partial charge in [-0.3, -0.25) is 14.5 Å². The molecule has 0 aromatic heterocycles. The van der Waals surface area contributed by atoms with Gasteiger partial charge in [0, 0.05) is 7.05 Å². The Balaban J connectivity index is 2.90. The van der Waals surface area contributed by atoms with E-state index in [-0.39, 0.29) is 11.1 Å². The molecule has 0 N–H and O–H groups in total. The van der Waals surface area contributed by atoms with E-state index in [1.165, 1.54) is 7.05 Å². The van der Waals surface area contributed by atoms with Crippen molar-refractivity contribution in [3.8, 4) is 0 Å². The average molecular weight is 143 g/mol. The number of carbonyl (C=O) groups excluding carboxylic acids is 2. The molecule has 3 nitrogen and oxygen atoms in total. The number of carbonyl (C=O) groups is 2. The summed E-state index contributed by atoms with van der Waals surface area (Å²) in [5.74, 6) is -0.287. The number of rotatable bonds is 0. The zero-order valence-electron chi connectivity index (χ0n) is 4.88. The predicted molar refractivity (Wildman–Crippen MR) is 34.9 cm³/mol. The van der Waals surface area contributed by atoms with Gasteiger partial charge in [0.1, 0.15) is 0 Å². The van der Waals surface area contributed by atoms with Crippen LogP contribution in [0.25, 0.3) is 0 Å². The molecule has 0 atom stereocenters. The van der Waals surface area contributed by atoms with Gasteiger partial charge in [-0.15, -0.1) is 0 Å². The van der Waals surface area contributed by atoms with Crippen LogP contribution in [-0.2, 0) is 4.79 Å². The third kappa shape index (κ3) is 0.853. The molecule has 1 rings (SSSR count). The van der Waals surface area contributed by atoms with Crippen molar-refractivity contribution >= 4 is 22.9 Å². The van der Waals surface area contributed by atoms with E-state index in [1.54, 1.807) is 0 Å². The van der Waals surface area contributed by atoms with Crippen molar-refractivity contribution in [2.24, 2.45) is 0 Å². The Morgan fingerprint density at radius 1 is 1.56 bits per heavy atom. The van der Waals surface area contributed by atoms with Crippen LogP contribution < -0.4 is 0 Å². The number of imide groups is 1. The fourth-order valence-corrected chi connectivity index (χ4v) is 1.14. The molecule has 0 aromatic rings. The Kier molecular flexibility index (Phi) is 1.32. The van der Waals surface area contributed by atoms with E-state index in [0.717, 1.165) is 16.7 Å². The molecule has 9 heavy (non-hydrogen) atoms. The molecule has 0 saturated carbocycles. The highest BCUT2D eigenvalue weighted by Crippen LogP contribution is 2.26. The lowest BCUT2D eigenvalue weighted by molar-refractivity contribution is -0.121.